The molecular formula is C58H38N2. The minimum Gasteiger partial charge on any atom is -0.309 e. The highest BCUT2D eigenvalue weighted by atomic mass is 15.0. The molecule has 280 valence electrons. The van der Waals surface area contributed by atoms with Gasteiger partial charge in [-0.3, -0.25) is 0 Å². The van der Waals surface area contributed by atoms with Crippen molar-refractivity contribution in [3.63, 3.8) is 0 Å². The van der Waals surface area contributed by atoms with Crippen molar-refractivity contribution in [2.45, 2.75) is 0 Å². The molecule has 0 saturated carbocycles. The topological polar surface area (TPSA) is 9.86 Å². The van der Waals surface area contributed by atoms with Gasteiger partial charge in [0.15, 0.2) is 0 Å². The van der Waals surface area contributed by atoms with Crippen LogP contribution in [0.2, 0.25) is 0 Å². The van der Waals surface area contributed by atoms with Gasteiger partial charge in [-0.15, -0.1) is 0 Å². The lowest BCUT2D eigenvalue weighted by Gasteiger charge is -2.12. The van der Waals surface area contributed by atoms with E-state index in [1.807, 2.05) is 0 Å². The summed E-state index contributed by atoms with van der Waals surface area (Å²) in [5.41, 5.74) is 16.9. The van der Waals surface area contributed by atoms with E-state index in [1.54, 1.807) is 0 Å². The maximum atomic E-state index is 2.42. The zero-order valence-corrected chi connectivity index (χ0v) is 32.8. The van der Waals surface area contributed by atoms with E-state index in [2.05, 4.69) is 240 Å². The number of fused-ring (bicyclic) bond motifs is 7. The molecule has 12 aromatic rings. The van der Waals surface area contributed by atoms with Gasteiger partial charge in [0.05, 0.1) is 27.8 Å². The van der Waals surface area contributed by atoms with Gasteiger partial charge in [-0.25, -0.2) is 0 Å². The van der Waals surface area contributed by atoms with Crippen LogP contribution in [0.5, 0.6) is 0 Å². The van der Waals surface area contributed by atoms with Crippen molar-refractivity contribution in [3.8, 4) is 55.9 Å². The van der Waals surface area contributed by atoms with Crippen molar-refractivity contribution in [3.05, 3.63) is 231 Å². The van der Waals surface area contributed by atoms with Gasteiger partial charge in [0.2, 0.25) is 0 Å². The molecule has 2 nitrogen and oxygen atoms in total. The van der Waals surface area contributed by atoms with E-state index in [1.165, 1.54) is 110 Å². The Morgan fingerprint density at radius 2 is 0.583 bits per heavy atom. The molecule has 2 heterocycles. The Kier molecular flexibility index (Phi) is 7.89. The summed E-state index contributed by atoms with van der Waals surface area (Å²) in [5, 5.41) is 7.55. The normalized spacial score (nSPS) is 11.7. The van der Waals surface area contributed by atoms with Crippen molar-refractivity contribution in [2.24, 2.45) is 0 Å². The third kappa shape index (κ3) is 5.57. The highest BCUT2D eigenvalue weighted by molar-refractivity contribution is 6.12. The van der Waals surface area contributed by atoms with Crippen LogP contribution in [0.4, 0.5) is 0 Å². The molecule has 0 saturated heterocycles. The molecule has 0 amide bonds. The fraction of sp³-hybridized carbons (Fsp3) is 0. The van der Waals surface area contributed by atoms with E-state index in [4.69, 9.17) is 0 Å². The second kappa shape index (κ2) is 13.9. The first-order valence-corrected chi connectivity index (χ1v) is 20.7. The van der Waals surface area contributed by atoms with Crippen LogP contribution in [0.25, 0.3) is 110 Å². The molecule has 2 heteroatoms. The van der Waals surface area contributed by atoms with Crippen LogP contribution in [0.3, 0.4) is 0 Å². The van der Waals surface area contributed by atoms with E-state index >= 15 is 0 Å². The summed E-state index contributed by atoms with van der Waals surface area (Å²) >= 11 is 0. The summed E-state index contributed by atoms with van der Waals surface area (Å²) < 4.78 is 4.79. The Bertz CT molecular complexity index is 3550. The molecular weight excluding hydrogens is 725 g/mol. The van der Waals surface area contributed by atoms with Crippen LogP contribution in [0, 0.1) is 0 Å². The predicted molar refractivity (Wildman–Crippen MR) is 254 cm³/mol. The Morgan fingerprint density at radius 3 is 1.12 bits per heavy atom. The summed E-state index contributed by atoms with van der Waals surface area (Å²) in [4.78, 5) is 0. The van der Waals surface area contributed by atoms with Crippen LogP contribution >= 0.6 is 0 Å². The van der Waals surface area contributed by atoms with Crippen molar-refractivity contribution in [1.29, 1.82) is 0 Å². The molecule has 0 spiro atoms. The Balaban J connectivity index is 0.810. The lowest BCUT2D eigenvalue weighted by atomic mass is 9.96. The van der Waals surface area contributed by atoms with Crippen molar-refractivity contribution in [2.75, 3.05) is 0 Å². The van der Waals surface area contributed by atoms with Gasteiger partial charge in [-0.1, -0.05) is 176 Å². The third-order valence-corrected chi connectivity index (χ3v) is 12.4. The zero-order valence-electron chi connectivity index (χ0n) is 32.8. The summed E-state index contributed by atoms with van der Waals surface area (Å²) in [5.74, 6) is 0. The van der Waals surface area contributed by atoms with E-state index in [0.29, 0.717) is 0 Å². The third-order valence-electron chi connectivity index (χ3n) is 12.4. The first-order valence-electron chi connectivity index (χ1n) is 20.7. The smallest absolute Gasteiger partial charge is 0.0541 e. The summed E-state index contributed by atoms with van der Waals surface area (Å²) in [6.45, 7) is 0. The first-order chi connectivity index (χ1) is 29.7. The molecule has 0 aliphatic carbocycles. The second-order valence-corrected chi connectivity index (χ2v) is 15.7. The molecule has 0 aliphatic rings. The Labute approximate surface area is 348 Å². The zero-order chi connectivity index (χ0) is 39.6. The largest absolute Gasteiger partial charge is 0.309 e. The lowest BCUT2D eigenvalue weighted by molar-refractivity contribution is 1.18. The number of benzene rings is 10. The lowest BCUT2D eigenvalue weighted by Crippen LogP contribution is -1.95. The first kappa shape index (κ1) is 34.1. The fourth-order valence-corrected chi connectivity index (χ4v) is 9.39. The van der Waals surface area contributed by atoms with E-state index in [0.717, 1.165) is 0 Å². The molecule has 0 N–H and O–H groups in total. The standard InChI is InChI=1S/C58H38N2/c1-2-13-48(14-3-1)59-55-18-8-6-16-50(55)52-37-46(33-35-57(52)59)43-29-25-41(26-30-43)39-21-23-40(24-22-39)42-27-31-44(32-28-42)47-34-36-58-53(38-47)51-17-7-9-19-56(51)60(58)54-20-10-12-45-11-4-5-15-49(45)54/h1-38H. The van der Waals surface area contributed by atoms with Crippen molar-refractivity contribution >= 4 is 54.4 Å². The number of rotatable bonds is 6. The van der Waals surface area contributed by atoms with Gasteiger partial charge in [0.25, 0.3) is 0 Å². The van der Waals surface area contributed by atoms with Crippen molar-refractivity contribution in [1.82, 2.24) is 9.13 Å². The molecule has 0 radical (unpaired) electrons. The maximum absolute atomic E-state index is 2.42. The van der Waals surface area contributed by atoms with E-state index in [-0.39, 0.29) is 0 Å². The molecule has 0 atom stereocenters. The molecule has 0 unspecified atom stereocenters. The van der Waals surface area contributed by atoms with Crippen LogP contribution in [-0.2, 0) is 0 Å². The monoisotopic (exact) mass is 762 g/mol. The van der Waals surface area contributed by atoms with Crippen LogP contribution < -0.4 is 0 Å². The van der Waals surface area contributed by atoms with Gasteiger partial charge in [0.1, 0.15) is 0 Å². The van der Waals surface area contributed by atoms with E-state index in [9.17, 15) is 0 Å². The predicted octanol–water partition coefficient (Wildman–Crippen LogP) is 15.7. The molecule has 60 heavy (non-hydrogen) atoms. The minimum atomic E-state index is 1.18. The second-order valence-electron chi connectivity index (χ2n) is 15.7. The molecule has 0 bridgehead atoms. The SMILES string of the molecule is c1ccc(-n2c3ccccc3c3cc(-c4ccc(-c5ccc(-c6ccc(-c7ccc8c(c7)c7ccccc7n8-c7cccc8ccccc78)cc6)cc5)cc4)ccc32)cc1. The quantitative estimate of drug-likeness (QED) is 0.160. The molecule has 2 aromatic heterocycles. The summed E-state index contributed by atoms with van der Waals surface area (Å²) in [6, 6.07) is 84.0. The molecule has 10 aromatic carbocycles. The number of aromatic nitrogens is 2. The van der Waals surface area contributed by atoms with Crippen molar-refractivity contribution < 1.29 is 0 Å². The summed E-state index contributed by atoms with van der Waals surface area (Å²) in [7, 11) is 0. The Morgan fingerprint density at radius 1 is 0.217 bits per heavy atom. The van der Waals surface area contributed by atoms with Gasteiger partial charge < -0.3 is 9.13 Å². The highest BCUT2D eigenvalue weighted by Gasteiger charge is 2.16. The average Bonchev–Trinajstić information content (AvgIpc) is 3.84. The Hall–Kier alpha value is -7.94. The maximum Gasteiger partial charge on any atom is 0.0541 e. The van der Waals surface area contributed by atoms with Gasteiger partial charge in [-0.2, -0.15) is 0 Å². The number of hydrogen-bond donors (Lipinski definition) is 0. The summed E-state index contributed by atoms with van der Waals surface area (Å²) in [6.07, 6.45) is 0. The number of para-hydroxylation sites is 3. The number of nitrogens with zero attached hydrogens (tertiary/aromatic N) is 2. The van der Waals surface area contributed by atoms with Crippen LogP contribution in [0.1, 0.15) is 0 Å². The van der Waals surface area contributed by atoms with Crippen LogP contribution in [-0.4, -0.2) is 9.13 Å². The molecule has 0 fully saturated rings. The molecule has 12 rings (SSSR count). The average molecular weight is 763 g/mol. The number of hydrogen-bond acceptors (Lipinski definition) is 0. The van der Waals surface area contributed by atoms with Gasteiger partial charge >= 0.3 is 0 Å². The van der Waals surface area contributed by atoms with Crippen LogP contribution in [0.15, 0.2) is 231 Å². The van der Waals surface area contributed by atoms with E-state index < -0.39 is 0 Å². The highest BCUT2D eigenvalue weighted by Crippen LogP contribution is 2.38. The molecule has 0 aliphatic heterocycles. The minimum absolute atomic E-state index is 1.18. The fourth-order valence-electron chi connectivity index (χ4n) is 9.39. The van der Waals surface area contributed by atoms with Gasteiger partial charge in [-0.05, 0) is 104 Å². The van der Waals surface area contributed by atoms with Gasteiger partial charge in [0, 0.05) is 32.6 Å².